The molecule has 2 atom stereocenters. The summed E-state index contributed by atoms with van der Waals surface area (Å²) in [6.07, 6.45) is 3.86. The van der Waals surface area contributed by atoms with E-state index in [2.05, 4.69) is 30.6 Å². The molecular formula is C26H26N6O4. The Kier molecular flexibility index (Phi) is 6.50. The van der Waals surface area contributed by atoms with Crippen LogP contribution in [-0.4, -0.2) is 69.8 Å². The van der Waals surface area contributed by atoms with Crippen LogP contribution in [-0.2, 0) is 0 Å². The number of fused-ring (bicyclic) bond motifs is 1. The van der Waals surface area contributed by atoms with Gasteiger partial charge in [0.2, 0.25) is 5.88 Å². The molecule has 2 aromatic heterocycles. The Morgan fingerprint density at radius 3 is 2.89 bits per heavy atom. The Morgan fingerprint density at radius 1 is 1.22 bits per heavy atom. The highest BCUT2D eigenvalue weighted by atomic mass is 16.5. The van der Waals surface area contributed by atoms with Crippen molar-refractivity contribution in [3.63, 3.8) is 0 Å². The second-order valence-corrected chi connectivity index (χ2v) is 8.56. The summed E-state index contributed by atoms with van der Waals surface area (Å²) in [4.78, 5) is 29.0. The molecule has 1 unspecified atom stereocenters. The minimum Gasteiger partial charge on any atom is -0.507 e. The van der Waals surface area contributed by atoms with Crippen molar-refractivity contribution in [3.05, 3.63) is 60.3 Å². The average Bonchev–Trinajstić information content (AvgIpc) is 3.57. The summed E-state index contributed by atoms with van der Waals surface area (Å²) >= 11 is 0. The number of methoxy groups -OCH3 is 1. The zero-order valence-electron chi connectivity index (χ0n) is 19.6. The number of amides is 1. The summed E-state index contributed by atoms with van der Waals surface area (Å²) in [6, 6.07) is 13.7. The van der Waals surface area contributed by atoms with Gasteiger partial charge in [-0.1, -0.05) is 6.07 Å². The Morgan fingerprint density at radius 2 is 2.11 bits per heavy atom. The number of aromatic amines is 1. The Balaban J connectivity index is 1.40. The van der Waals surface area contributed by atoms with Gasteiger partial charge in [-0.3, -0.25) is 9.79 Å². The quantitative estimate of drug-likeness (QED) is 0.257. The van der Waals surface area contributed by atoms with Crippen LogP contribution >= 0.6 is 0 Å². The third kappa shape index (κ3) is 4.71. The van der Waals surface area contributed by atoms with Gasteiger partial charge in [-0.15, -0.1) is 0 Å². The van der Waals surface area contributed by atoms with Gasteiger partial charge in [0.05, 0.1) is 49.2 Å². The molecule has 10 nitrogen and oxygen atoms in total. The molecule has 2 aromatic carbocycles. The highest BCUT2D eigenvalue weighted by molar-refractivity contribution is 5.98. The van der Waals surface area contributed by atoms with Crippen molar-refractivity contribution in [2.75, 3.05) is 20.3 Å². The van der Waals surface area contributed by atoms with Crippen molar-refractivity contribution < 1.29 is 19.7 Å². The van der Waals surface area contributed by atoms with Gasteiger partial charge in [-0.05, 0) is 54.4 Å². The highest BCUT2D eigenvalue weighted by Crippen LogP contribution is 2.35. The molecule has 1 aliphatic rings. The van der Waals surface area contributed by atoms with E-state index in [1.54, 1.807) is 50.0 Å². The van der Waals surface area contributed by atoms with Crippen LogP contribution in [0.15, 0.2) is 59.7 Å². The molecule has 1 amide bonds. The van der Waals surface area contributed by atoms with Gasteiger partial charge in [0.25, 0.3) is 5.91 Å². The van der Waals surface area contributed by atoms with Crippen molar-refractivity contribution in [1.29, 1.82) is 0 Å². The van der Waals surface area contributed by atoms with Crippen molar-refractivity contribution in [2.45, 2.75) is 18.5 Å². The molecule has 5 rings (SSSR count). The number of pyridine rings is 1. The number of hydrogen-bond donors (Lipinski definition) is 5. The van der Waals surface area contributed by atoms with Gasteiger partial charge in [-0.25, -0.2) is 9.97 Å². The minimum atomic E-state index is -0.395. The molecule has 0 aliphatic carbocycles. The molecule has 5 N–H and O–H groups in total. The number of benzene rings is 2. The molecule has 0 bridgehead atoms. The number of aromatic nitrogens is 3. The van der Waals surface area contributed by atoms with Crippen LogP contribution < -0.4 is 15.4 Å². The van der Waals surface area contributed by atoms with E-state index in [0.717, 1.165) is 11.1 Å². The number of phenolic OH excluding ortho intramolecular Hbond substituents is 1. The number of aromatic hydroxyl groups is 1. The number of rotatable bonds is 8. The topological polar surface area (TPSA) is 145 Å². The summed E-state index contributed by atoms with van der Waals surface area (Å²) in [5.74, 6) is 0.714. The van der Waals surface area contributed by atoms with Crippen LogP contribution in [0.4, 0.5) is 0 Å². The van der Waals surface area contributed by atoms with Gasteiger partial charge in [0.15, 0.2) is 0 Å². The van der Waals surface area contributed by atoms with Gasteiger partial charge in [0, 0.05) is 23.4 Å². The first-order chi connectivity index (χ1) is 17.6. The number of hydrogen-bond acceptors (Lipinski definition) is 8. The smallest absolute Gasteiger partial charge is 0.251 e. The third-order valence-electron chi connectivity index (χ3n) is 6.12. The van der Waals surface area contributed by atoms with E-state index in [0.29, 0.717) is 46.8 Å². The van der Waals surface area contributed by atoms with Crippen LogP contribution in [0, 0.1) is 0 Å². The van der Waals surface area contributed by atoms with Crippen LogP contribution in [0.2, 0.25) is 0 Å². The van der Waals surface area contributed by atoms with E-state index in [-0.39, 0.29) is 24.3 Å². The van der Waals surface area contributed by atoms with Gasteiger partial charge < -0.3 is 30.6 Å². The zero-order chi connectivity index (χ0) is 25.1. The number of carbonyl (C=O) groups is 1. The van der Waals surface area contributed by atoms with Crippen LogP contribution in [0.25, 0.3) is 33.5 Å². The molecule has 1 aliphatic heterocycles. The fourth-order valence-corrected chi connectivity index (χ4v) is 4.27. The number of aliphatic imine (C=N–C) groups is 1. The summed E-state index contributed by atoms with van der Waals surface area (Å²) in [5.41, 5.74) is 3.83. The molecule has 0 saturated heterocycles. The average molecular weight is 487 g/mol. The van der Waals surface area contributed by atoms with Crippen molar-refractivity contribution in [2.24, 2.45) is 4.99 Å². The molecule has 36 heavy (non-hydrogen) atoms. The maximum atomic E-state index is 12.9. The molecule has 10 heteroatoms. The van der Waals surface area contributed by atoms with Crippen LogP contribution in [0.3, 0.4) is 0 Å². The largest absolute Gasteiger partial charge is 0.507 e. The summed E-state index contributed by atoms with van der Waals surface area (Å²) in [5, 5.41) is 26.3. The van der Waals surface area contributed by atoms with E-state index >= 15 is 0 Å². The van der Waals surface area contributed by atoms with E-state index in [9.17, 15) is 15.0 Å². The Labute approximate surface area is 207 Å². The number of aliphatic hydroxyl groups excluding tert-OH is 1. The van der Waals surface area contributed by atoms with Crippen molar-refractivity contribution in [3.8, 4) is 34.1 Å². The van der Waals surface area contributed by atoms with Crippen molar-refractivity contribution in [1.82, 2.24) is 25.6 Å². The van der Waals surface area contributed by atoms with E-state index in [1.165, 1.54) is 0 Å². The molecule has 3 heterocycles. The number of phenols is 1. The second-order valence-electron chi connectivity index (χ2n) is 8.56. The predicted octanol–water partition coefficient (Wildman–Crippen LogP) is 2.49. The maximum absolute atomic E-state index is 12.9. The molecule has 0 radical (unpaired) electrons. The number of nitrogens with one attached hydrogen (secondary N) is 3. The second kappa shape index (κ2) is 10.0. The first-order valence-electron chi connectivity index (χ1n) is 11.5. The first kappa shape index (κ1) is 23.3. The van der Waals surface area contributed by atoms with Gasteiger partial charge in [-0.2, -0.15) is 0 Å². The van der Waals surface area contributed by atoms with Crippen LogP contribution in [0.5, 0.6) is 11.6 Å². The molecular weight excluding hydrogens is 460 g/mol. The fraction of sp³-hybridized carbons (Fsp3) is 0.231. The number of aliphatic hydroxyl groups is 1. The summed E-state index contributed by atoms with van der Waals surface area (Å²) < 4.78 is 5.37. The minimum absolute atomic E-state index is 0.0638. The standard InChI is InChI=1S/C26H26N6O4/c1-36-26-19(3-2-8-28-26)15-5-7-23(34)20(9-15)24-31-21-6-4-16(10-22(21)32-24)25(35)30-18(13-33)11-17-12-27-14-29-17/h2-10,14,17-18,33-34H,11-13H2,1H3,(H,27,29)(H,30,35)(H,31,32)/t17?,18-/m1/s1. The van der Waals surface area contributed by atoms with Gasteiger partial charge in [0.1, 0.15) is 11.6 Å². The lowest BCUT2D eigenvalue weighted by Crippen LogP contribution is -2.42. The summed E-state index contributed by atoms with van der Waals surface area (Å²) in [7, 11) is 1.56. The Hall–Kier alpha value is -4.44. The maximum Gasteiger partial charge on any atom is 0.251 e. The lowest BCUT2D eigenvalue weighted by Gasteiger charge is -2.20. The lowest BCUT2D eigenvalue weighted by atomic mass is 10.0. The monoisotopic (exact) mass is 486 g/mol. The predicted molar refractivity (Wildman–Crippen MR) is 136 cm³/mol. The number of imidazole rings is 1. The van der Waals surface area contributed by atoms with E-state index < -0.39 is 6.04 Å². The Bertz CT molecular complexity index is 1430. The number of ether oxygens (including phenoxy) is 1. The zero-order valence-corrected chi connectivity index (χ0v) is 19.6. The fourth-order valence-electron chi connectivity index (χ4n) is 4.27. The molecule has 0 saturated carbocycles. The molecule has 4 aromatic rings. The lowest BCUT2D eigenvalue weighted by molar-refractivity contribution is 0.0910. The van der Waals surface area contributed by atoms with Crippen molar-refractivity contribution >= 4 is 23.3 Å². The molecule has 184 valence electrons. The normalized spacial score (nSPS) is 15.6. The number of nitrogens with zero attached hydrogens (tertiary/aromatic N) is 3. The first-order valence-corrected chi connectivity index (χ1v) is 11.5. The molecule has 0 fully saturated rings. The van der Waals surface area contributed by atoms with Crippen LogP contribution in [0.1, 0.15) is 16.8 Å². The number of carbonyl (C=O) groups excluding carboxylic acids is 1. The highest BCUT2D eigenvalue weighted by Gasteiger charge is 2.20. The van der Waals surface area contributed by atoms with E-state index in [1.807, 2.05) is 18.2 Å². The third-order valence-corrected chi connectivity index (χ3v) is 6.12. The van der Waals surface area contributed by atoms with Gasteiger partial charge >= 0.3 is 0 Å². The molecule has 0 spiro atoms. The number of H-pyrrole nitrogens is 1. The SMILES string of the molecule is COc1ncccc1-c1ccc(O)c(-c2nc3ccc(C(=O)N[C@@H](CO)CC4CN=CN4)cc3[nH]2)c1. The van der Waals surface area contributed by atoms with E-state index in [4.69, 9.17) is 4.74 Å². The summed E-state index contributed by atoms with van der Waals surface area (Å²) in [6.45, 7) is 0.453.